The van der Waals surface area contributed by atoms with Crippen LogP contribution in [0.15, 0.2) is 52.1 Å². The van der Waals surface area contributed by atoms with Crippen molar-refractivity contribution in [3.63, 3.8) is 0 Å². The van der Waals surface area contributed by atoms with Crippen LogP contribution < -0.4 is 16.0 Å². The van der Waals surface area contributed by atoms with Gasteiger partial charge in [0.25, 0.3) is 5.56 Å². The Labute approximate surface area is 140 Å². The monoisotopic (exact) mass is 341 g/mol. The van der Waals surface area contributed by atoms with Crippen LogP contribution in [0.25, 0.3) is 27.6 Å². The Bertz CT molecular complexity index is 1190. The number of methoxy groups -OCH3 is 1. The molecule has 4 aromatic rings. The summed E-state index contributed by atoms with van der Waals surface area (Å²) < 4.78 is 6.41. The van der Waals surface area contributed by atoms with Gasteiger partial charge in [-0.3, -0.25) is 4.79 Å². The maximum atomic E-state index is 12.8. The molecule has 2 heterocycles. The maximum Gasteiger partial charge on any atom is 0.333 e. The normalized spacial score (nSPS) is 11.2. The molecule has 0 saturated heterocycles. The summed E-state index contributed by atoms with van der Waals surface area (Å²) in [5.74, 6) is 0.582. The number of hydrogen-bond donors (Lipinski definition) is 2. The van der Waals surface area contributed by atoms with E-state index in [1.54, 1.807) is 37.4 Å². The molecular formula is C17H12ClN3O3. The van der Waals surface area contributed by atoms with Crippen molar-refractivity contribution >= 4 is 33.5 Å². The summed E-state index contributed by atoms with van der Waals surface area (Å²) in [4.78, 5) is 31.2. The molecule has 0 aliphatic rings. The van der Waals surface area contributed by atoms with Crippen molar-refractivity contribution in [2.45, 2.75) is 0 Å². The first-order chi connectivity index (χ1) is 11.6. The average Bonchev–Trinajstić information content (AvgIpc) is 2.95. The van der Waals surface area contributed by atoms with Crippen molar-refractivity contribution in [1.29, 1.82) is 0 Å². The molecule has 2 aromatic carbocycles. The van der Waals surface area contributed by atoms with Gasteiger partial charge >= 0.3 is 5.69 Å². The molecule has 0 unspecified atom stereocenters. The zero-order valence-corrected chi connectivity index (χ0v) is 13.3. The molecule has 6 nitrogen and oxygen atoms in total. The summed E-state index contributed by atoms with van der Waals surface area (Å²) >= 11 is 5.87. The summed E-state index contributed by atoms with van der Waals surface area (Å²) in [6, 6.07) is 11.9. The number of ether oxygens (including phenoxy) is 1. The topological polar surface area (TPSA) is 79.9 Å². The Balaban J connectivity index is 2.13. The molecule has 0 aliphatic carbocycles. The SMILES string of the molecule is COc1cccc2[nH]c3c(=O)n(-c4ccc(Cl)cc4)c(=O)[nH]c3c12. The minimum Gasteiger partial charge on any atom is -0.496 e. The first-order valence-electron chi connectivity index (χ1n) is 7.20. The molecule has 4 rings (SSSR count). The van der Waals surface area contributed by atoms with Crippen LogP contribution in [-0.2, 0) is 0 Å². The van der Waals surface area contributed by atoms with E-state index in [2.05, 4.69) is 9.97 Å². The van der Waals surface area contributed by atoms with Crippen LogP contribution in [0, 0.1) is 0 Å². The number of nitrogens with zero attached hydrogens (tertiary/aromatic N) is 1. The molecule has 0 radical (unpaired) electrons. The van der Waals surface area contributed by atoms with Crippen molar-refractivity contribution < 1.29 is 4.74 Å². The average molecular weight is 342 g/mol. The van der Waals surface area contributed by atoms with Gasteiger partial charge in [0.1, 0.15) is 11.3 Å². The largest absolute Gasteiger partial charge is 0.496 e. The molecule has 2 N–H and O–H groups in total. The van der Waals surface area contributed by atoms with E-state index in [1.165, 1.54) is 0 Å². The van der Waals surface area contributed by atoms with E-state index in [-0.39, 0.29) is 0 Å². The zero-order valence-electron chi connectivity index (χ0n) is 12.6. The van der Waals surface area contributed by atoms with Gasteiger partial charge < -0.3 is 14.7 Å². The molecule has 0 spiro atoms. The Morgan fingerprint density at radius 1 is 1.00 bits per heavy atom. The molecule has 120 valence electrons. The van der Waals surface area contributed by atoms with E-state index < -0.39 is 11.2 Å². The molecule has 24 heavy (non-hydrogen) atoms. The van der Waals surface area contributed by atoms with Crippen LogP contribution in [-0.4, -0.2) is 21.6 Å². The van der Waals surface area contributed by atoms with Crippen molar-refractivity contribution in [2.75, 3.05) is 7.11 Å². The van der Waals surface area contributed by atoms with Crippen molar-refractivity contribution in [2.24, 2.45) is 0 Å². The minimum absolute atomic E-state index is 0.309. The number of hydrogen-bond acceptors (Lipinski definition) is 3. The van der Waals surface area contributed by atoms with Gasteiger partial charge in [-0.2, -0.15) is 0 Å². The Kier molecular flexibility index (Phi) is 3.21. The summed E-state index contributed by atoms with van der Waals surface area (Å²) in [5, 5.41) is 1.20. The number of benzene rings is 2. The van der Waals surface area contributed by atoms with Crippen molar-refractivity contribution in [1.82, 2.24) is 14.5 Å². The minimum atomic E-state index is -0.526. The predicted octanol–water partition coefficient (Wildman–Crippen LogP) is 2.82. The van der Waals surface area contributed by atoms with E-state index in [1.807, 2.05) is 12.1 Å². The van der Waals surface area contributed by atoms with Crippen LogP contribution in [0.5, 0.6) is 5.75 Å². The van der Waals surface area contributed by atoms with Crippen molar-refractivity contribution in [3.05, 3.63) is 68.3 Å². The summed E-state index contributed by atoms with van der Waals surface area (Å²) in [6.45, 7) is 0. The zero-order chi connectivity index (χ0) is 16.8. The summed E-state index contributed by atoms with van der Waals surface area (Å²) in [6.07, 6.45) is 0. The first kappa shape index (κ1) is 14.6. The van der Waals surface area contributed by atoms with Gasteiger partial charge in [-0.15, -0.1) is 0 Å². The Morgan fingerprint density at radius 2 is 1.75 bits per heavy atom. The lowest BCUT2D eigenvalue weighted by molar-refractivity contribution is 0.420. The van der Waals surface area contributed by atoms with E-state index in [0.717, 1.165) is 4.57 Å². The fraction of sp³-hybridized carbons (Fsp3) is 0.0588. The van der Waals surface area contributed by atoms with Gasteiger partial charge in [0.2, 0.25) is 0 Å². The second-order valence-electron chi connectivity index (χ2n) is 5.30. The van der Waals surface area contributed by atoms with E-state index in [0.29, 0.717) is 38.4 Å². The molecule has 0 aliphatic heterocycles. The van der Waals surface area contributed by atoms with E-state index in [4.69, 9.17) is 16.3 Å². The van der Waals surface area contributed by atoms with Crippen LogP contribution >= 0.6 is 11.6 Å². The second-order valence-corrected chi connectivity index (χ2v) is 5.74. The lowest BCUT2D eigenvalue weighted by Crippen LogP contribution is -2.33. The smallest absolute Gasteiger partial charge is 0.333 e. The highest BCUT2D eigenvalue weighted by molar-refractivity contribution is 6.30. The highest BCUT2D eigenvalue weighted by atomic mass is 35.5. The molecule has 0 bridgehead atoms. The number of rotatable bonds is 2. The molecular weight excluding hydrogens is 330 g/mol. The van der Waals surface area contributed by atoms with Gasteiger partial charge in [0.05, 0.1) is 29.2 Å². The molecule has 0 atom stereocenters. The van der Waals surface area contributed by atoms with Crippen LogP contribution in [0.2, 0.25) is 5.02 Å². The van der Waals surface area contributed by atoms with Crippen molar-refractivity contribution in [3.8, 4) is 11.4 Å². The third kappa shape index (κ3) is 2.04. The fourth-order valence-electron chi connectivity index (χ4n) is 2.86. The number of aromatic nitrogens is 3. The van der Waals surface area contributed by atoms with Gasteiger partial charge in [-0.05, 0) is 36.4 Å². The highest BCUT2D eigenvalue weighted by Gasteiger charge is 2.16. The van der Waals surface area contributed by atoms with Gasteiger partial charge in [-0.1, -0.05) is 17.7 Å². The third-order valence-corrected chi connectivity index (χ3v) is 4.19. The van der Waals surface area contributed by atoms with Gasteiger partial charge in [-0.25, -0.2) is 9.36 Å². The van der Waals surface area contributed by atoms with Crippen LogP contribution in [0.4, 0.5) is 0 Å². The molecule has 7 heteroatoms. The number of nitrogens with one attached hydrogen (secondary N) is 2. The highest BCUT2D eigenvalue weighted by Crippen LogP contribution is 2.30. The number of aromatic amines is 2. The Morgan fingerprint density at radius 3 is 2.46 bits per heavy atom. The predicted molar refractivity (Wildman–Crippen MR) is 93.6 cm³/mol. The van der Waals surface area contributed by atoms with E-state index >= 15 is 0 Å². The Hall–Kier alpha value is -2.99. The van der Waals surface area contributed by atoms with Crippen LogP contribution in [0.3, 0.4) is 0 Å². The summed E-state index contributed by atoms with van der Waals surface area (Å²) in [7, 11) is 1.54. The third-order valence-electron chi connectivity index (χ3n) is 3.94. The fourth-order valence-corrected chi connectivity index (χ4v) is 2.99. The maximum absolute atomic E-state index is 12.8. The molecule has 0 fully saturated rings. The number of halogens is 1. The number of H-pyrrole nitrogens is 2. The lowest BCUT2D eigenvalue weighted by atomic mass is 10.2. The van der Waals surface area contributed by atoms with Crippen LogP contribution in [0.1, 0.15) is 0 Å². The molecule has 2 aromatic heterocycles. The summed E-state index contributed by atoms with van der Waals surface area (Å²) in [5.41, 5.74) is 0.937. The number of fused-ring (bicyclic) bond motifs is 3. The van der Waals surface area contributed by atoms with E-state index in [9.17, 15) is 9.59 Å². The molecule has 0 saturated carbocycles. The van der Waals surface area contributed by atoms with Gasteiger partial charge in [0.15, 0.2) is 0 Å². The lowest BCUT2D eigenvalue weighted by Gasteiger charge is -2.05. The second kappa shape index (κ2) is 5.28. The quantitative estimate of drug-likeness (QED) is 0.588. The first-order valence-corrected chi connectivity index (χ1v) is 7.57. The molecule has 0 amide bonds. The standard InChI is InChI=1S/C17H12ClN3O3/c1-24-12-4-2-3-11-13(12)14-15(19-11)16(22)21(17(23)20-14)10-7-5-9(18)6-8-10/h2-8,19H,1H3,(H,20,23). The van der Waals surface area contributed by atoms with Gasteiger partial charge in [0, 0.05) is 5.02 Å².